The molecule has 0 bridgehead atoms. The molecule has 0 atom stereocenters. The third-order valence-corrected chi connectivity index (χ3v) is 4.31. The van der Waals surface area contributed by atoms with Gasteiger partial charge in [-0.15, -0.1) is 10.2 Å². The topological polar surface area (TPSA) is 109 Å². The average Bonchev–Trinajstić information content (AvgIpc) is 3.33. The smallest absolute Gasteiger partial charge is 0.412 e. The molecular formula is C18H12F4N6O3. The van der Waals surface area contributed by atoms with Gasteiger partial charge in [0.15, 0.2) is 5.65 Å². The second kappa shape index (κ2) is 7.04. The van der Waals surface area contributed by atoms with E-state index in [2.05, 4.69) is 20.3 Å². The summed E-state index contributed by atoms with van der Waals surface area (Å²) in [5.74, 6) is -2.18. The van der Waals surface area contributed by atoms with E-state index in [1.165, 1.54) is 25.2 Å². The summed E-state index contributed by atoms with van der Waals surface area (Å²) in [5, 5.41) is 10.0. The molecule has 0 radical (unpaired) electrons. The maximum absolute atomic E-state index is 14.4. The Kier molecular flexibility index (Phi) is 4.60. The van der Waals surface area contributed by atoms with Crippen LogP contribution in [0.2, 0.25) is 0 Å². The number of nitrogens with zero attached hydrogens (tertiary/aromatic N) is 5. The lowest BCUT2D eigenvalue weighted by atomic mass is 10.1. The minimum Gasteiger partial charge on any atom is -0.412 e. The van der Waals surface area contributed by atoms with Gasteiger partial charge < -0.3 is 9.32 Å². The van der Waals surface area contributed by atoms with Crippen LogP contribution in [0.5, 0.6) is 0 Å². The van der Waals surface area contributed by atoms with E-state index in [4.69, 9.17) is 4.42 Å². The zero-order chi connectivity index (χ0) is 22.5. The zero-order valence-electron chi connectivity index (χ0n) is 15.9. The number of carbonyl (C=O) groups excluding carboxylic acids is 1. The zero-order valence-corrected chi connectivity index (χ0v) is 15.9. The second-order valence-corrected chi connectivity index (χ2v) is 6.63. The van der Waals surface area contributed by atoms with Crippen LogP contribution in [0.25, 0.3) is 28.4 Å². The van der Waals surface area contributed by atoms with Crippen molar-refractivity contribution in [1.29, 1.82) is 0 Å². The van der Waals surface area contributed by atoms with E-state index in [-0.39, 0.29) is 34.2 Å². The summed E-state index contributed by atoms with van der Waals surface area (Å²) in [6.07, 6.45) is -3.40. The fourth-order valence-corrected chi connectivity index (χ4v) is 2.79. The Morgan fingerprint density at radius 3 is 2.55 bits per heavy atom. The molecule has 0 aliphatic carbocycles. The lowest BCUT2D eigenvalue weighted by Gasteiger charge is -2.09. The molecule has 160 valence electrons. The van der Waals surface area contributed by atoms with Crippen LogP contribution in [0.3, 0.4) is 0 Å². The molecule has 0 unspecified atom stereocenters. The summed E-state index contributed by atoms with van der Waals surface area (Å²) in [6.45, 7) is 0. The number of amides is 1. The molecule has 13 heteroatoms. The highest BCUT2D eigenvalue weighted by molar-refractivity contribution is 5.89. The van der Waals surface area contributed by atoms with Crippen LogP contribution in [0, 0.1) is 5.82 Å². The Balaban J connectivity index is 1.83. The van der Waals surface area contributed by atoms with Crippen LogP contribution < -0.4 is 5.56 Å². The molecule has 0 aliphatic heterocycles. The molecule has 0 saturated carbocycles. The maximum atomic E-state index is 14.4. The Hall–Kier alpha value is -4.03. The fraction of sp³-hybridized carbons (Fsp3) is 0.167. The molecule has 0 fully saturated rings. The van der Waals surface area contributed by atoms with Gasteiger partial charge in [0.2, 0.25) is 0 Å². The molecule has 31 heavy (non-hydrogen) atoms. The van der Waals surface area contributed by atoms with Crippen molar-refractivity contribution in [3.05, 3.63) is 58.1 Å². The van der Waals surface area contributed by atoms with Gasteiger partial charge in [0.1, 0.15) is 11.4 Å². The highest BCUT2D eigenvalue weighted by atomic mass is 19.4. The molecule has 4 rings (SSSR count). The summed E-state index contributed by atoms with van der Waals surface area (Å²) >= 11 is 0. The first-order chi connectivity index (χ1) is 14.6. The maximum Gasteiger partial charge on any atom is 0.416 e. The predicted molar refractivity (Wildman–Crippen MR) is 97.5 cm³/mol. The van der Waals surface area contributed by atoms with Crippen molar-refractivity contribution in [3.63, 3.8) is 0 Å². The number of halogens is 4. The summed E-state index contributed by atoms with van der Waals surface area (Å²) in [7, 11) is 2.98. The van der Waals surface area contributed by atoms with Crippen LogP contribution in [-0.4, -0.2) is 49.7 Å². The summed E-state index contributed by atoms with van der Waals surface area (Å²) in [6, 6.07) is 2.88. The van der Waals surface area contributed by atoms with Gasteiger partial charge in [-0.3, -0.25) is 14.7 Å². The van der Waals surface area contributed by atoms with E-state index in [0.717, 1.165) is 16.6 Å². The Morgan fingerprint density at radius 2 is 1.90 bits per heavy atom. The van der Waals surface area contributed by atoms with Crippen molar-refractivity contribution >= 4 is 11.6 Å². The first-order valence-electron chi connectivity index (χ1n) is 8.60. The van der Waals surface area contributed by atoms with Crippen molar-refractivity contribution in [1.82, 2.24) is 29.7 Å². The quantitative estimate of drug-likeness (QED) is 0.495. The van der Waals surface area contributed by atoms with Gasteiger partial charge >= 0.3 is 18.0 Å². The number of benzene rings is 1. The van der Waals surface area contributed by atoms with Gasteiger partial charge in [-0.2, -0.15) is 13.2 Å². The van der Waals surface area contributed by atoms with Crippen LogP contribution in [0.4, 0.5) is 17.6 Å². The molecule has 3 aromatic heterocycles. The number of hydrogen-bond donors (Lipinski definition) is 1. The number of H-pyrrole nitrogens is 1. The van der Waals surface area contributed by atoms with Crippen molar-refractivity contribution in [3.8, 4) is 22.7 Å². The molecule has 1 amide bonds. The Labute approximate surface area is 169 Å². The third-order valence-electron chi connectivity index (χ3n) is 4.31. The standard InChI is InChI=1S/C18H12F4N6O3/c1-27(2)17(30)16-26-25-15(31-16)10-7-23-28-13(29)6-12(24-14(10)28)9-4-3-8(5-11(9)19)18(20,21)22/h3-7,23H,1-2H3. The predicted octanol–water partition coefficient (Wildman–Crippen LogP) is 2.60. The lowest BCUT2D eigenvalue weighted by Crippen LogP contribution is -2.21. The van der Waals surface area contributed by atoms with Crippen LogP contribution in [0.1, 0.15) is 16.2 Å². The molecule has 1 aromatic carbocycles. The van der Waals surface area contributed by atoms with E-state index in [1.54, 1.807) is 0 Å². The highest BCUT2D eigenvalue weighted by Crippen LogP contribution is 2.32. The number of aromatic nitrogens is 5. The van der Waals surface area contributed by atoms with Crippen molar-refractivity contribution < 1.29 is 26.8 Å². The number of fused-ring (bicyclic) bond motifs is 1. The monoisotopic (exact) mass is 436 g/mol. The van der Waals surface area contributed by atoms with E-state index in [9.17, 15) is 27.2 Å². The molecule has 0 aliphatic rings. The first-order valence-corrected chi connectivity index (χ1v) is 8.60. The molecule has 0 spiro atoms. The summed E-state index contributed by atoms with van der Waals surface area (Å²) < 4.78 is 59.1. The summed E-state index contributed by atoms with van der Waals surface area (Å²) in [4.78, 5) is 29.8. The second-order valence-electron chi connectivity index (χ2n) is 6.63. The summed E-state index contributed by atoms with van der Waals surface area (Å²) in [5.41, 5.74) is -2.23. The van der Waals surface area contributed by atoms with Gasteiger partial charge in [-0.25, -0.2) is 13.9 Å². The van der Waals surface area contributed by atoms with Gasteiger partial charge in [-0.05, 0) is 18.2 Å². The van der Waals surface area contributed by atoms with Crippen LogP contribution in [-0.2, 0) is 6.18 Å². The molecule has 3 heterocycles. The SMILES string of the molecule is CN(C)C(=O)c1nnc(-c2c[nH]n3c(=O)cc(-c4ccc(C(F)(F)F)cc4F)nc23)o1. The minimum absolute atomic E-state index is 0.0469. The molecular weight excluding hydrogens is 424 g/mol. The highest BCUT2D eigenvalue weighted by Gasteiger charge is 2.31. The fourth-order valence-electron chi connectivity index (χ4n) is 2.79. The van der Waals surface area contributed by atoms with Crippen molar-refractivity contribution in [2.75, 3.05) is 14.1 Å². The van der Waals surface area contributed by atoms with Crippen LogP contribution >= 0.6 is 0 Å². The molecule has 9 nitrogen and oxygen atoms in total. The number of nitrogens with one attached hydrogen (secondary N) is 1. The Bertz CT molecular complexity index is 1370. The van der Waals surface area contributed by atoms with Gasteiger partial charge in [0, 0.05) is 31.9 Å². The van der Waals surface area contributed by atoms with Gasteiger partial charge in [0.25, 0.3) is 11.4 Å². The van der Waals surface area contributed by atoms with E-state index < -0.39 is 29.0 Å². The number of alkyl halides is 3. The molecule has 1 N–H and O–H groups in total. The third kappa shape index (κ3) is 3.53. The largest absolute Gasteiger partial charge is 0.416 e. The average molecular weight is 436 g/mol. The van der Waals surface area contributed by atoms with Crippen molar-refractivity contribution in [2.45, 2.75) is 6.18 Å². The molecule has 4 aromatic rings. The number of carbonyl (C=O) groups is 1. The minimum atomic E-state index is -4.72. The van der Waals surface area contributed by atoms with Gasteiger partial charge in [0.05, 0.1) is 11.3 Å². The molecule has 0 saturated heterocycles. The van der Waals surface area contributed by atoms with E-state index in [1.807, 2.05) is 0 Å². The Morgan fingerprint density at radius 1 is 1.16 bits per heavy atom. The van der Waals surface area contributed by atoms with E-state index >= 15 is 0 Å². The normalized spacial score (nSPS) is 11.8. The van der Waals surface area contributed by atoms with Crippen molar-refractivity contribution in [2.24, 2.45) is 0 Å². The number of hydrogen-bond acceptors (Lipinski definition) is 6. The van der Waals surface area contributed by atoms with E-state index in [0.29, 0.717) is 12.1 Å². The van der Waals surface area contributed by atoms with Crippen LogP contribution in [0.15, 0.2) is 39.7 Å². The lowest BCUT2D eigenvalue weighted by molar-refractivity contribution is -0.137. The van der Waals surface area contributed by atoms with Gasteiger partial charge in [-0.1, -0.05) is 0 Å². The number of rotatable bonds is 3. The number of aromatic amines is 1. The first kappa shape index (κ1) is 20.3.